The van der Waals surface area contributed by atoms with E-state index in [0.717, 1.165) is 13.1 Å². The highest BCUT2D eigenvalue weighted by Crippen LogP contribution is 2.21. The van der Waals surface area contributed by atoms with Crippen molar-refractivity contribution in [2.75, 3.05) is 45.2 Å². The summed E-state index contributed by atoms with van der Waals surface area (Å²) in [7, 11) is 1.24. The van der Waals surface area contributed by atoms with Crippen LogP contribution in [0.25, 0.3) is 0 Å². The first kappa shape index (κ1) is 23.5. The molecule has 1 aromatic rings. The second-order valence-corrected chi connectivity index (χ2v) is 8.07. The van der Waals surface area contributed by atoms with E-state index in [1.54, 1.807) is 17.0 Å². The fourth-order valence-electron chi connectivity index (χ4n) is 4.03. The number of rotatable bonds is 5. The zero-order chi connectivity index (χ0) is 23.1. The van der Waals surface area contributed by atoms with E-state index >= 15 is 0 Å². The van der Waals surface area contributed by atoms with Crippen LogP contribution in [0.15, 0.2) is 30.3 Å². The summed E-state index contributed by atoms with van der Waals surface area (Å²) in [5, 5.41) is 8.67. The number of nitrogens with one attached hydrogen (secondary N) is 3. The van der Waals surface area contributed by atoms with Crippen molar-refractivity contribution in [1.29, 1.82) is 0 Å². The van der Waals surface area contributed by atoms with Gasteiger partial charge in [-0.2, -0.15) is 0 Å². The Morgan fingerprint density at radius 1 is 1.09 bits per heavy atom. The van der Waals surface area contributed by atoms with Crippen molar-refractivity contribution in [2.24, 2.45) is 5.92 Å². The lowest BCUT2D eigenvalue weighted by atomic mass is 9.95. The number of piperazine rings is 1. The van der Waals surface area contributed by atoms with Crippen molar-refractivity contribution in [2.45, 2.75) is 31.8 Å². The Bertz CT molecular complexity index is 827. The molecule has 2 atom stereocenters. The number of para-hydroxylation sites is 1. The number of anilines is 1. The molecule has 2 saturated heterocycles. The molecule has 4 amide bonds. The standard InChI is InChI=1S/C22H31N5O5/c1-15(21(30)32-2)24-19(28)18-14-26(22(31)25-17-6-4-3-5-7-17)12-13-27(18)20(29)16-8-10-23-11-9-16/h3-7,15-16,18,23H,8-14H2,1-2H3,(H,24,28)(H,25,31)/t15-,18-/m1/s1. The van der Waals surface area contributed by atoms with Gasteiger partial charge in [-0.25, -0.2) is 9.59 Å². The number of esters is 1. The first-order valence-electron chi connectivity index (χ1n) is 10.9. The van der Waals surface area contributed by atoms with E-state index in [-0.39, 0.29) is 30.9 Å². The number of methoxy groups -OCH3 is 1. The van der Waals surface area contributed by atoms with Crippen LogP contribution >= 0.6 is 0 Å². The molecule has 0 saturated carbocycles. The monoisotopic (exact) mass is 445 g/mol. The highest BCUT2D eigenvalue weighted by molar-refractivity contribution is 5.94. The summed E-state index contributed by atoms with van der Waals surface area (Å²) in [5.74, 6) is -1.30. The number of urea groups is 1. The van der Waals surface area contributed by atoms with Gasteiger partial charge in [-0.3, -0.25) is 9.59 Å². The van der Waals surface area contributed by atoms with Gasteiger partial charge in [0.2, 0.25) is 11.8 Å². The second-order valence-electron chi connectivity index (χ2n) is 8.07. The molecule has 10 heteroatoms. The van der Waals surface area contributed by atoms with E-state index < -0.39 is 24.0 Å². The fraction of sp³-hybridized carbons (Fsp3) is 0.545. The zero-order valence-electron chi connectivity index (χ0n) is 18.5. The van der Waals surface area contributed by atoms with Crippen LogP contribution in [0.1, 0.15) is 19.8 Å². The summed E-state index contributed by atoms with van der Waals surface area (Å²) in [6.45, 7) is 3.63. The van der Waals surface area contributed by atoms with Gasteiger partial charge in [0.1, 0.15) is 12.1 Å². The third-order valence-electron chi connectivity index (χ3n) is 5.88. The van der Waals surface area contributed by atoms with Crippen molar-refractivity contribution in [3.05, 3.63) is 30.3 Å². The van der Waals surface area contributed by atoms with E-state index in [0.29, 0.717) is 25.1 Å². The number of piperidine rings is 1. The zero-order valence-corrected chi connectivity index (χ0v) is 18.5. The molecule has 2 heterocycles. The van der Waals surface area contributed by atoms with E-state index in [9.17, 15) is 19.2 Å². The van der Waals surface area contributed by atoms with Gasteiger partial charge in [-0.1, -0.05) is 18.2 Å². The summed E-state index contributed by atoms with van der Waals surface area (Å²) in [5.41, 5.74) is 0.644. The Kier molecular flexibility index (Phi) is 8.04. The minimum absolute atomic E-state index is 0.0368. The Morgan fingerprint density at radius 3 is 2.44 bits per heavy atom. The van der Waals surface area contributed by atoms with Gasteiger partial charge in [-0.15, -0.1) is 0 Å². The summed E-state index contributed by atoms with van der Waals surface area (Å²) in [6, 6.07) is 6.93. The minimum Gasteiger partial charge on any atom is -0.467 e. The average molecular weight is 446 g/mol. The SMILES string of the molecule is COC(=O)[C@@H](C)NC(=O)[C@H]1CN(C(=O)Nc2ccccc2)CCN1C(=O)C1CCNCC1. The van der Waals surface area contributed by atoms with Crippen molar-refractivity contribution in [1.82, 2.24) is 20.4 Å². The number of ether oxygens (including phenoxy) is 1. The lowest BCUT2D eigenvalue weighted by Crippen LogP contribution is -2.64. The smallest absolute Gasteiger partial charge is 0.328 e. The van der Waals surface area contributed by atoms with Gasteiger partial charge in [0.05, 0.1) is 13.7 Å². The summed E-state index contributed by atoms with van der Waals surface area (Å²) < 4.78 is 4.68. The van der Waals surface area contributed by atoms with Gasteiger partial charge >= 0.3 is 12.0 Å². The molecule has 0 aliphatic carbocycles. The number of carbonyl (C=O) groups is 4. The molecular weight excluding hydrogens is 414 g/mol. The summed E-state index contributed by atoms with van der Waals surface area (Å²) in [6.07, 6.45) is 1.42. The molecule has 1 aromatic carbocycles. The highest BCUT2D eigenvalue weighted by Gasteiger charge is 2.40. The Morgan fingerprint density at radius 2 is 1.78 bits per heavy atom. The molecule has 2 fully saturated rings. The molecule has 0 spiro atoms. The summed E-state index contributed by atoms with van der Waals surface area (Å²) >= 11 is 0. The molecule has 2 aliphatic rings. The van der Waals surface area contributed by atoms with Crippen molar-refractivity contribution < 1.29 is 23.9 Å². The largest absolute Gasteiger partial charge is 0.467 e. The molecule has 3 N–H and O–H groups in total. The maximum Gasteiger partial charge on any atom is 0.328 e. The third kappa shape index (κ3) is 5.76. The van der Waals surface area contributed by atoms with Crippen LogP contribution in [0.2, 0.25) is 0 Å². The quantitative estimate of drug-likeness (QED) is 0.565. The van der Waals surface area contributed by atoms with Crippen LogP contribution in [0.4, 0.5) is 10.5 Å². The van der Waals surface area contributed by atoms with Crippen molar-refractivity contribution >= 4 is 29.5 Å². The molecule has 0 unspecified atom stereocenters. The topological polar surface area (TPSA) is 120 Å². The molecule has 0 radical (unpaired) electrons. The average Bonchev–Trinajstić information content (AvgIpc) is 2.83. The molecule has 174 valence electrons. The van der Waals surface area contributed by atoms with Gasteiger partial charge < -0.3 is 30.5 Å². The third-order valence-corrected chi connectivity index (χ3v) is 5.88. The van der Waals surface area contributed by atoms with E-state index in [4.69, 9.17) is 0 Å². The van der Waals surface area contributed by atoms with Gasteiger partial charge in [0, 0.05) is 24.7 Å². The number of nitrogens with zero attached hydrogens (tertiary/aromatic N) is 2. The lowest BCUT2D eigenvalue weighted by Gasteiger charge is -2.42. The van der Waals surface area contributed by atoms with Crippen LogP contribution in [0.3, 0.4) is 0 Å². The Hall–Kier alpha value is -3.14. The van der Waals surface area contributed by atoms with E-state index in [1.807, 2.05) is 18.2 Å². The molecule has 0 aromatic heterocycles. The Labute approximate surface area is 187 Å². The predicted molar refractivity (Wildman–Crippen MR) is 118 cm³/mol. The van der Waals surface area contributed by atoms with Crippen molar-refractivity contribution in [3.63, 3.8) is 0 Å². The molecular formula is C22H31N5O5. The number of hydrogen-bond donors (Lipinski definition) is 3. The maximum atomic E-state index is 13.2. The number of hydrogen-bond acceptors (Lipinski definition) is 6. The van der Waals surface area contributed by atoms with Crippen LogP contribution in [0, 0.1) is 5.92 Å². The molecule has 3 rings (SSSR count). The normalized spacial score (nSPS) is 20.2. The van der Waals surface area contributed by atoms with Crippen molar-refractivity contribution in [3.8, 4) is 0 Å². The van der Waals surface area contributed by atoms with E-state index in [2.05, 4.69) is 20.7 Å². The molecule has 10 nitrogen and oxygen atoms in total. The Balaban J connectivity index is 1.73. The minimum atomic E-state index is -0.889. The lowest BCUT2D eigenvalue weighted by molar-refractivity contribution is -0.149. The first-order valence-corrected chi connectivity index (χ1v) is 10.9. The number of carbonyl (C=O) groups excluding carboxylic acids is 4. The molecule has 2 aliphatic heterocycles. The van der Waals surface area contributed by atoms with E-state index in [1.165, 1.54) is 18.9 Å². The molecule has 0 bridgehead atoms. The maximum absolute atomic E-state index is 13.2. The fourth-order valence-corrected chi connectivity index (χ4v) is 4.03. The second kappa shape index (κ2) is 10.9. The summed E-state index contributed by atoms with van der Waals surface area (Å²) in [4.78, 5) is 53.9. The first-order chi connectivity index (χ1) is 15.4. The van der Waals surface area contributed by atoms with Crippen LogP contribution < -0.4 is 16.0 Å². The van der Waals surface area contributed by atoms with Gasteiger partial charge in [0.25, 0.3) is 0 Å². The number of benzene rings is 1. The van der Waals surface area contributed by atoms with Crippen LogP contribution in [-0.4, -0.2) is 85.5 Å². The predicted octanol–water partition coefficient (Wildman–Crippen LogP) is 0.409. The van der Waals surface area contributed by atoms with Crippen LogP contribution in [0.5, 0.6) is 0 Å². The highest BCUT2D eigenvalue weighted by atomic mass is 16.5. The number of amides is 4. The van der Waals surface area contributed by atoms with Crippen LogP contribution in [-0.2, 0) is 19.1 Å². The molecule has 32 heavy (non-hydrogen) atoms. The van der Waals surface area contributed by atoms with Gasteiger partial charge in [0.15, 0.2) is 0 Å². The van der Waals surface area contributed by atoms with Gasteiger partial charge in [-0.05, 0) is 45.0 Å².